The van der Waals surface area contributed by atoms with E-state index in [1.807, 2.05) is 42.5 Å². The SMILES string of the molecule is CC(C)(C)N1C[C@H](C(=O)N2C(=O)OC[C@@H]2Cc2ccccc2)[C@@H](c2ccc(Br)cc2)C1. The summed E-state index contributed by atoms with van der Waals surface area (Å²) in [5.41, 5.74) is 2.16. The number of carbonyl (C=O) groups is 2. The first-order chi connectivity index (χ1) is 14.7. The van der Waals surface area contributed by atoms with Crippen molar-refractivity contribution in [1.29, 1.82) is 0 Å². The summed E-state index contributed by atoms with van der Waals surface area (Å²) in [5.74, 6) is -0.377. The van der Waals surface area contributed by atoms with Crippen LogP contribution in [0, 0.1) is 5.92 Å². The predicted octanol–water partition coefficient (Wildman–Crippen LogP) is 4.85. The Labute approximate surface area is 192 Å². The number of carbonyl (C=O) groups excluding carboxylic acids is 2. The van der Waals surface area contributed by atoms with E-state index in [1.165, 1.54) is 4.90 Å². The van der Waals surface area contributed by atoms with Gasteiger partial charge < -0.3 is 4.74 Å². The summed E-state index contributed by atoms with van der Waals surface area (Å²) >= 11 is 3.50. The molecule has 0 spiro atoms. The van der Waals surface area contributed by atoms with Gasteiger partial charge in [-0.15, -0.1) is 0 Å². The lowest BCUT2D eigenvalue weighted by atomic mass is 9.87. The number of hydrogen-bond acceptors (Lipinski definition) is 4. The van der Waals surface area contributed by atoms with Crippen LogP contribution in [-0.2, 0) is 16.0 Å². The van der Waals surface area contributed by atoms with E-state index < -0.39 is 6.09 Å². The lowest BCUT2D eigenvalue weighted by Gasteiger charge is -2.32. The monoisotopic (exact) mass is 484 g/mol. The van der Waals surface area contributed by atoms with E-state index in [9.17, 15) is 9.59 Å². The molecule has 2 fully saturated rings. The van der Waals surface area contributed by atoms with Crippen LogP contribution in [0.3, 0.4) is 0 Å². The number of cyclic esters (lactones) is 1. The molecule has 0 saturated carbocycles. The molecule has 2 aromatic carbocycles. The van der Waals surface area contributed by atoms with Crippen molar-refractivity contribution in [1.82, 2.24) is 9.80 Å². The number of halogens is 1. The second-order valence-corrected chi connectivity index (χ2v) is 10.4. The molecule has 2 amide bonds. The van der Waals surface area contributed by atoms with E-state index in [0.717, 1.165) is 22.1 Å². The maximum atomic E-state index is 13.8. The molecule has 2 aromatic rings. The number of amides is 2. The molecular formula is C25H29BrN2O3. The van der Waals surface area contributed by atoms with Crippen molar-refractivity contribution in [3.8, 4) is 0 Å². The minimum absolute atomic E-state index is 0.0330. The van der Waals surface area contributed by atoms with Crippen LogP contribution in [0.25, 0.3) is 0 Å². The Bertz CT molecular complexity index is 939. The Kier molecular flexibility index (Phi) is 6.22. The number of hydrogen-bond donors (Lipinski definition) is 0. The smallest absolute Gasteiger partial charge is 0.416 e. The number of nitrogens with zero attached hydrogens (tertiary/aromatic N) is 2. The van der Waals surface area contributed by atoms with Crippen molar-refractivity contribution in [3.05, 3.63) is 70.2 Å². The maximum absolute atomic E-state index is 13.8. The molecule has 2 aliphatic rings. The lowest BCUT2D eigenvalue weighted by Crippen LogP contribution is -2.46. The van der Waals surface area contributed by atoms with Crippen LogP contribution >= 0.6 is 15.9 Å². The third kappa shape index (κ3) is 4.70. The summed E-state index contributed by atoms with van der Waals surface area (Å²) in [6.07, 6.45) is 0.0893. The topological polar surface area (TPSA) is 49.9 Å². The molecular weight excluding hydrogens is 456 g/mol. The van der Waals surface area contributed by atoms with E-state index in [0.29, 0.717) is 13.0 Å². The highest BCUT2D eigenvalue weighted by Gasteiger charge is 2.48. The van der Waals surface area contributed by atoms with Gasteiger partial charge in [0.25, 0.3) is 0 Å². The minimum Gasteiger partial charge on any atom is -0.447 e. The molecule has 0 N–H and O–H groups in total. The van der Waals surface area contributed by atoms with Crippen molar-refractivity contribution in [3.63, 3.8) is 0 Å². The number of imide groups is 1. The molecule has 31 heavy (non-hydrogen) atoms. The first-order valence-corrected chi connectivity index (χ1v) is 11.6. The van der Waals surface area contributed by atoms with Gasteiger partial charge >= 0.3 is 6.09 Å². The van der Waals surface area contributed by atoms with Gasteiger partial charge in [0.2, 0.25) is 5.91 Å². The second kappa shape index (κ2) is 8.75. The Morgan fingerprint density at radius 3 is 2.39 bits per heavy atom. The highest BCUT2D eigenvalue weighted by molar-refractivity contribution is 9.10. The van der Waals surface area contributed by atoms with Crippen LogP contribution in [0.4, 0.5) is 4.79 Å². The summed E-state index contributed by atoms with van der Waals surface area (Å²) < 4.78 is 6.34. The highest BCUT2D eigenvalue weighted by atomic mass is 79.9. The summed E-state index contributed by atoms with van der Waals surface area (Å²) in [4.78, 5) is 30.1. The van der Waals surface area contributed by atoms with Gasteiger partial charge in [0.15, 0.2) is 0 Å². The van der Waals surface area contributed by atoms with Crippen LogP contribution in [0.15, 0.2) is 59.1 Å². The van der Waals surface area contributed by atoms with Crippen molar-refractivity contribution < 1.29 is 14.3 Å². The van der Waals surface area contributed by atoms with Crippen molar-refractivity contribution >= 4 is 27.9 Å². The first kappa shape index (κ1) is 22.0. The number of ether oxygens (including phenoxy) is 1. The fourth-order valence-electron chi connectivity index (χ4n) is 4.60. The van der Waals surface area contributed by atoms with Crippen molar-refractivity contribution in [2.75, 3.05) is 19.7 Å². The number of benzene rings is 2. The van der Waals surface area contributed by atoms with Crippen LogP contribution in [0.1, 0.15) is 37.8 Å². The summed E-state index contributed by atoms with van der Waals surface area (Å²) in [5, 5.41) is 0. The fourth-order valence-corrected chi connectivity index (χ4v) is 4.86. The van der Waals surface area contributed by atoms with E-state index >= 15 is 0 Å². The Morgan fingerprint density at radius 2 is 1.74 bits per heavy atom. The zero-order valence-electron chi connectivity index (χ0n) is 18.3. The van der Waals surface area contributed by atoms with Gasteiger partial charge in [-0.2, -0.15) is 0 Å². The third-order valence-electron chi connectivity index (χ3n) is 6.40. The average Bonchev–Trinajstić information content (AvgIpc) is 3.33. The number of rotatable bonds is 4. The molecule has 164 valence electrons. The van der Waals surface area contributed by atoms with Gasteiger partial charge in [-0.1, -0.05) is 58.4 Å². The lowest BCUT2D eigenvalue weighted by molar-refractivity contribution is -0.133. The van der Waals surface area contributed by atoms with E-state index in [2.05, 4.69) is 53.7 Å². The number of likely N-dealkylation sites (tertiary alicyclic amines) is 1. The Balaban J connectivity index is 1.61. The maximum Gasteiger partial charge on any atom is 0.416 e. The molecule has 0 radical (unpaired) electrons. The molecule has 2 saturated heterocycles. The average molecular weight is 485 g/mol. The van der Waals surface area contributed by atoms with Crippen LogP contribution in [0.2, 0.25) is 0 Å². The molecule has 0 bridgehead atoms. The van der Waals surface area contributed by atoms with E-state index in [4.69, 9.17) is 4.74 Å². The van der Waals surface area contributed by atoms with Crippen LogP contribution in [-0.4, -0.2) is 53.1 Å². The van der Waals surface area contributed by atoms with Crippen molar-refractivity contribution in [2.24, 2.45) is 5.92 Å². The molecule has 2 aliphatic heterocycles. The molecule has 0 aromatic heterocycles. The quantitative estimate of drug-likeness (QED) is 0.621. The molecule has 3 atom stereocenters. The molecule has 0 unspecified atom stereocenters. The summed E-state index contributed by atoms with van der Waals surface area (Å²) in [7, 11) is 0. The highest BCUT2D eigenvalue weighted by Crippen LogP contribution is 2.38. The van der Waals surface area contributed by atoms with Gasteiger partial charge in [-0.25, -0.2) is 9.69 Å². The van der Waals surface area contributed by atoms with Gasteiger partial charge in [-0.05, 0) is 50.5 Å². The van der Waals surface area contributed by atoms with Gasteiger partial charge in [0.05, 0.1) is 12.0 Å². The molecule has 5 nitrogen and oxygen atoms in total. The Hall–Kier alpha value is -2.18. The van der Waals surface area contributed by atoms with Crippen LogP contribution < -0.4 is 0 Å². The zero-order chi connectivity index (χ0) is 22.2. The largest absolute Gasteiger partial charge is 0.447 e. The minimum atomic E-state index is -0.519. The van der Waals surface area contributed by atoms with Gasteiger partial charge in [0, 0.05) is 29.0 Å². The van der Waals surface area contributed by atoms with Gasteiger partial charge in [0.1, 0.15) is 6.61 Å². The Morgan fingerprint density at radius 1 is 1.06 bits per heavy atom. The van der Waals surface area contributed by atoms with Crippen LogP contribution in [0.5, 0.6) is 0 Å². The first-order valence-electron chi connectivity index (χ1n) is 10.8. The molecule has 0 aliphatic carbocycles. The van der Waals surface area contributed by atoms with Gasteiger partial charge in [-0.3, -0.25) is 9.69 Å². The molecule has 6 heteroatoms. The normalized spacial score (nSPS) is 24.5. The summed E-state index contributed by atoms with van der Waals surface area (Å²) in [6, 6.07) is 17.9. The van der Waals surface area contributed by atoms with E-state index in [-0.39, 0.29) is 35.9 Å². The zero-order valence-corrected chi connectivity index (χ0v) is 19.8. The molecule has 4 rings (SSSR count). The van der Waals surface area contributed by atoms with E-state index in [1.54, 1.807) is 0 Å². The standard InChI is InChI=1S/C25H29BrN2O3/c1-25(2,3)27-14-21(18-9-11-19(26)12-10-18)22(15-27)23(29)28-20(16-31-24(28)30)13-17-7-5-4-6-8-17/h4-12,20-22H,13-16H2,1-3H3/t20-,21+,22-/m0/s1. The van der Waals surface area contributed by atoms with Crippen molar-refractivity contribution in [2.45, 2.75) is 44.7 Å². The second-order valence-electron chi connectivity index (χ2n) is 9.47. The predicted molar refractivity (Wildman–Crippen MR) is 124 cm³/mol. The summed E-state index contributed by atoms with van der Waals surface area (Å²) in [6.45, 7) is 8.17. The molecule has 2 heterocycles. The fraction of sp³-hybridized carbons (Fsp3) is 0.440. The third-order valence-corrected chi connectivity index (χ3v) is 6.93.